The van der Waals surface area contributed by atoms with Crippen molar-refractivity contribution in [3.8, 4) is 22.4 Å². The number of hydrogen-bond donors (Lipinski definition) is 0. The predicted molar refractivity (Wildman–Crippen MR) is 134 cm³/mol. The van der Waals surface area contributed by atoms with E-state index >= 15 is 0 Å². The van der Waals surface area contributed by atoms with E-state index in [1.165, 1.54) is 6.07 Å². The van der Waals surface area contributed by atoms with Crippen LogP contribution in [0.3, 0.4) is 0 Å². The number of alkyl halides is 3. The van der Waals surface area contributed by atoms with Gasteiger partial charge in [0.2, 0.25) is 5.69 Å². The smallest absolute Gasteiger partial charge is 0.201 e. The minimum atomic E-state index is -4.41. The number of aryl methyl sites for hydroxylation is 2. The van der Waals surface area contributed by atoms with E-state index in [1.807, 2.05) is 88.8 Å². The third-order valence-corrected chi connectivity index (χ3v) is 6.39. The van der Waals surface area contributed by atoms with Gasteiger partial charge in [-0.05, 0) is 69.4 Å². The van der Waals surface area contributed by atoms with Gasteiger partial charge in [-0.3, -0.25) is 0 Å². The fourth-order valence-corrected chi connectivity index (χ4v) is 4.63. The topological polar surface area (TPSA) is 3.88 Å². The molecule has 0 spiro atoms. The molecule has 4 rings (SSSR count). The SMILES string of the molecule is [2H]C(C)(C)c1cccc(C([2H])(C)C)c1-c1cc[n+](C)c(-c2c(C)ccc3cc(C(F)(F)F)ccc23)c1. The molecule has 0 radical (unpaired) electrons. The van der Waals surface area contributed by atoms with Crippen molar-refractivity contribution in [2.45, 2.75) is 52.6 Å². The van der Waals surface area contributed by atoms with Gasteiger partial charge in [0.25, 0.3) is 0 Å². The van der Waals surface area contributed by atoms with Crippen LogP contribution in [-0.2, 0) is 13.2 Å². The summed E-state index contributed by atoms with van der Waals surface area (Å²) in [6.07, 6.45) is -2.47. The Morgan fingerprint density at radius 2 is 1.47 bits per heavy atom. The van der Waals surface area contributed by atoms with Crippen LogP contribution in [0.1, 0.15) is 64.5 Å². The highest BCUT2D eigenvalue weighted by Crippen LogP contribution is 2.39. The molecule has 1 heterocycles. The van der Waals surface area contributed by atoms with Gasteiger partial charge in [0.05, 0.1) is 11.1 Å². The summed E-state index contributed by atoms with van der Waals surface area (Å²) in [6, 6.07) is 17.2. The van der Waals surface area contributed by atoms with Crippen LogP contribution in [0.25, 0.3) is 33.2 Å². The fourth-order valence-electron chi connectivity index (χ4n) is 4.63. The highest BCUT2D eigenvalue weighted by molar-refractivity contribution is 5.97. The maximum Gasteiger partial charge on any atom is 0.416 e. The summed E-state index contributed by atoms with van der Waals surface area (Å²) in [5.41, 5.74) is 5.37. The van der Waals surface area contributed by atoms with Crippen molar-refractivity contribution in [3.05, 3.63) is 89.1 Å². The van der Waals surface area contributed by atoms with E-state index in [2.05, 4.69) is 0 Å². The first kappa shape index (κ1) is 21.4. The van der Waals surface area contributed by atoms with Gasteiger partial charge in [-0.15, -0.1) is 0 Å². The van der Waals surface area contributed by atoms with E-state index in [1.54, 1.807) is 12.1 Å². The Balaban J connectivity index is 2.03. The van der Waals surface area contributed by atoms with Gasteiger partial charge in [-0.2, -0.15) is 13.2 Å². The zero-order valence-electron chi connectivity index (χ0n) is 22.4. The van der Waals surface area contributed by atoms with Crippen molar-refractivity contribution in [2.24, 2.45) is 7.05 Å². The lowest BCUT2D eigenvalue weighted by atomic mass is 9.84. The second-order valence-electron chi connectivity index (χ2n) is 9.33. The molecular formula is C30H31F3N+. The number of pyridine rings is 1. The quantitative estimate of drug-likeness (QED) is 0.266. The molecule has 1 aromatic heterocycles. The number of halogens is 3. The first-order valence-corrected chi connectivity index (χ1v) is 11.3. The Bertz CT molecular complexity index is 1430. The Labute approximate surface area is 202 Å². The summed E-state index contributed by atoms with van der Waals surface area (Å²) >= 11 is 0. The lowest BCUT2D eigenvalue weighted by Crippen LogP contribution is -2.30. The minimum Gasteiger partial charge on any atom is -0.201 e. The molecule has 0 aliphatic heterocycles. The largest absolute Gasteiger partial charge is 0.416 e. The summed E-state index contributed by atoms with van der Waals surface area (Å²) in [7, 11) is 1.91. The van der Waals surface area contributed by atoms with Crippen LogP contribution < -0.4 is 4.57 Å². The van der Waals surface area contributed by atoms with Gasteiger partial charge in [-0.1, -0.05) is 64.1 Å². The highest BCUT2D eigenvalue weighted by Gasteiger charge is 2.31. The zero-order valence-corrected chi connectivity index (χ0v) is 20.4. The summed E-state index contributed by atoms with van der Waals surface area (Å²) in [4.78, 5) is 0. The van der Waals surface area contributed by atoms with Gasteiger partial charge < -0.3 is 0 Å². The monoisotopic (exact) mass is 464 g/mol. The molecule has 0 amide bonds. The number of rotatable bonds is 4. The lowest BCUT2D eigenvalue weighted by molar-refractivity contribution is -0.660. The Hall–Kier alpha value is -3.14. The van der Waals surface area contributed by atoms with E-state index < -0.39 is 23.5 Å². The molecule has 0 saturated carbocycles. The normalized spacial score (nSPS) is 13.7. The van der Waals surface area contributed by atoms with Crippen LogP contribution in [-0.4, -0.2) is 0 Å². The van der Waals surface area contributed by atoms with Crippen LogP contribution in [0.15, 0.2) is 66.9 Å². The fraction of sp³-hybridized carbons (Fsp3) is 0.300. The summed E-state index contributed by atoms with van der Waals surface area (Å²) < 4.78 is 59.6. The number of fused-ring (bicyclic) bond motifs is 1. The minimum absolute atomic E-state index is 0.525. The van der Waals surface area contributed by atoms with Gasteiger partial charge in [0.1, 0.15) is 7.05 Å². The van der Waals surface area contributed by atoms with Crippen molar-refractivity contribution in [1.82, 2.24) is 0 Å². The van der Waals surface area contributed by atoms with Gasteiger partial charge >= 0.3 is 6.18 Å². The third kappa shape index (κ3) is 4.34. The van der Waals surface area contributed by atoms with Crippen molar-refractivity contribution >= 4 is 10.8 Å². The van der Waals surface area contributed by atoms with Gasteiger partial charge in [0, 0.05) is 14.9 Å². The number of nitrogens with zero attached hydrogens (tertiary/aromatic N) is 1. The summed E-state index contributed by atoms with van der Waals surface area (Å²) in [6.45, 7) is 9.30. The molecule has 4 aromatic rings. The molecule has 34 heavy (non-hydrogen) atoms. The molecule has 0 fully saturated rings. The van der Waals surface area contributed by atoms with Crippen LogP contribution in [0.2, 0.25) is 0 Å². The average Bonchev–Trinajstić information content (AvgIpc) is 2.77. The molecular weight excluding hydrogens is 431 g/mol. The Morgan fingerprint density at radius 3 is 2.06 bits per heavy atom. The second kappa shape index (κ2) is 8.90. The summed E-state index contributed by atoms with van der Waals surface area (Å²) in [5, 5.41) is 1.27. The van der Waals surface area contributed by atoms with E-state index in [4.69, 9.17) is 2.74 Å². The second-order valence-corrected chi connectivity index (χ2v) is 9.33. The van der Waals surface area contributed by atoms with Crippen molar-refractivity contribution in [3.63, 3.8) is 0 Å². The molecule has 0 bridgehead atoms. The highest BCUT2D eigenvalue weighted by atomic mass is 19.4. The molecule has 176 valence electrons. The predicted octanol–water partition coefficient (Wildman–Crippen LogP) is 8.57. The Kier molecular flexibility index (Phi) is 5.60. The van der Waals surface area contributed by atoms with Crippen LogP contribution in [0, 0.1) is 6.92 Å². The molecule has 0 unspecified atom stereocenters. The molecule has 1 nitrogen and oxygen atoms in total. The van der Waals surface area contributed by atoms with Crippen LogP contribution in [0.5, 0.6) is 0 Å². The first-order valence-electron chi connectivity index (χ1n) is 12.3. The molecule has 3 aromatic carbocycles. The van der Waals surface area contributed by atoms with Crippen molar-refractivity contribution in [2.75, 3.05) is 0 Å². The first-order chi connectivity index (χ1) is 16.6. The van der Waals surface area contributed by atoms with Crippen LogP contribution in [0.4, 0.5) is 13.2 Å². The lowest BCUT2D eigenvalue weighted by Gasteiger charge is -2.20. The standard InChI is InChI=1S/C30H31F3N/c1-18(2)24-8-7-9-25(19(3)4)29(24)22-14-15-34(6)27(17-22)28-20(5)10-11-21-16-23(30(31,32)33)12-13-26(21)28/h7-19H,1-6H3/q+1/i18D,19D. The summed E-state index contributed by atoms with van der Waals surface area (Å²) in [5.74, 6) is -1.78. The molecule has 0 aliphatic rings. The molecule has 0 saturated heterocycles. The van der Waals surface area contributed by atoms with E-state index in [9.17, 15) is 13.2 Å². The average molecular weight is 465 g/mol. The zero-order chi connectivity index (χ0) is 26.6. The maximum absolute atomic E-state index is 13.4. The van der Waals surface area contributed by atoms with E-state index in [0.717, 1.165) is 50.5 Å². The van der Waals surface area contributed by atoms with E-state index in [-0.39, 0.29) is 0 Å². The van der Waals surface area contributed by atoms with Crippen molar-refractivity contribution < 1.29 is 20.5 Å². The number of benzene rings is 3. The molecule has 4 heteroatoms. The molecule has 0 aliphatic carbocycles. The van der Waals surface area contributed by atoms with E-state index in [0.29, 0.717) is 5.39 Å². The molecule has 0 N–H and O–H groups in total. The van der Waals surface area contributed by atoms with Gasteiger partial charge in [-0.25, -0.2) is 4.57 Å². The number of aromatic nitrogens is 1. The van der Waals surface area contributed by atoms with Crippen LogP contribution >= 0.6 is 0 Å². The van der Waals surface area contributed by atoms with Crippen molar-refractivity contribution in [1.29, 1.82) is 0 Å². The molecule has 0 atom stereocenters. The Morgan fingerprint density at radius 1 is 0.824 bits per heavy atom. The third-order valence-electron chi connectivity index (χ3n) is 6.39. The maximum atomic E-state index is 13.4. The van der Waals surface area contributed by atoms with Gasteiger partial charge in [0.15, 0.2) is 6.20 Å². The number of hydrogen-bond acceptors (Lipinski definition) is 0.